The van der Waals surface area contributed by atoms with Gasteiger partial charge in [0.15, 0.2) is 5.69 Å². The number of phenolic OH excluding ortho intramolecular Hbond substituents is 1. The smallest absolute Gasteiger partial charge is 0.192 e. The first kappa shape index (κ1) is 11.3. The summed E-state index contributed by atoms with van der Waals surface area (Å²) in [7, 11) is 0. The molecule has 0 amide bonds. The van der Waals surface area contributed by atoms with Crippen LogP contribution in [0.2, 0.25) is 0 Å². The Bertz CT molecular complexity index is 812. The molecule has 0 spiro atoms. The van der Waals surface area contributed by atoms with Gasteiger partial charge in [-0.25, -0.2) is 9.83 Å². The lowest BCUT2D eigenvalue weighted by molar-refractivity contribution is 0.471. The van der Waals surface area contributed by atoms with Crippen LogP contribution in [0.25, 0.3) is 21.7 Å². The molecule has 2 aromatic heterocycles. The fourth-order valence-electron chi connectivity index (χ4n) is 2.06. The molecule has 0 fully saturated rings. The zero-order valence-electron chi connectivity index (χ0n) is 10.3. The number of nitrogens with zero attached hydrogens (tertiary/aromatic N) is 3. The summed E-state index contributed by atoms with van der Waals surface area (Å²) in [6, 6.07) is 9.03. The molecule has 1 aromatic carbocycles. The predicted molar refractivity (Wildman–Crippen MR) is 73.3 cm³/mol. The van der Waals surface area contributed by atoms with Crippen LogP contribution in [0.5, 0.6) is 5.75 Å². The Balaban J connectivity index is 2.31. The summed E-state index contributed by atoms with van der Waals surface area (Å²) in [5.41, 5.74) is 3.79. The number of fused-ring (bicyclic) bond motifs is 1. The summed E-state index contributed by atoms with van der Waals surface area (Å²) >= 11 is 0. The van der Waals surface area contributed by atoms with Crippen molar-refractivity contribution in [3.8, 4) is 17.0 Å². The van der Waals surface area contributed by atoms with E-state index < -0.39 is 0 Å². The number of hydrogen-bond acceptors (Lipinski definition) is 2. The van der Waals surface area contributed by atoms with Gasteiger partial charge < -0.3 is 9.51 Å². The van der Waals surface area contributed by atoms with Gasteiger partial charge in [0.25, 0.3) is 0 Å². The molecule has 0 radical (unpaired) electrons. The van der Waals surface area contributed by atoms with E-state index in [0.717, 1.165) is 22.5 Å². The molecule has 2 heterocycles. The minimum absolute atomic E-state index is 0.249. The van der Waals surface area contributed by atoms with Gasteiger partial charge in [0.1, 0.15) is 11.4 Å². The predicted octanol–water partition coefficient (Wildman–Crippen LogP) is 3.57. The van der Waals surface area contributed by atoms with Crippen molar-refractivity contribution in [1.82, 2.24) is 9.38 Å². The average Bonchev–Trinajstić information content (AvgIpc) is 2.89. The summed E-state index contributed by atoms with van der Waals surface area (Å²) in [5.74, 6) is 0.249. The van der Waals surface area contributed by atoms with E-state index in [4.69, 9.17) is 6.57 Å². The zero-order valence-corrected chi connectivity index (χ0v) is 10.3. The van der Waals surface area contributed by atoms with Crippen molar-refractivity contribution in [2.75, 3.05) is 0 Å². The van der Waals surface area contributed by atoms with Crippen LogP contribution in [0.1, 0.15) is 5.56 Å². The summed E-state index contributed by atoms with van der Waals surface area (Å²) in [6.45, 7) is 8.99. The molecule has 3 aromatic rings. The molecular formula is C15H11N3O. The topological polar surface area (TPSA) is 41.9 Å². The highest BCUT2D eigenvalue weighted by molar-refractivity contribution is 5.71. The molecule has 0 saturated carbocycles. The van der Waals surface area contributed by atoms with E-state index in [-0.39, 0.29) is 5.75 Å². The van der Waals surface area contributed by atoms with Gasteiger partial charge in [0.05, 0.1) is 6.57 Å². The number of benzene rings is 1. The van der Waals surface area contributed by atoms with Crippen LogP contribution in [-0.4, -0.2) is 14.5 Å². The van der Waals surface area contributed by atoms with Crippen LogP contribution < -0.4 is 0 Å². The lowest BCUT2D eigenvalue weighted by atomic mass is 10.1. The van der Waals surface area contributed by atoms with E-state index in [2.05, 4.69) is 9.83 Å². The number of imidazole rings is 1. The maximum Gasteiger partial charge on any atom is 0.192 e. The number of rotatable bonds is 1. The number of aromatic hydroxyl groups is 1. The second-order valence-electron chi connectivity index (χ2n) is 4.37. The Morgan fingerprint density at radius 1 is 1.26 bits per heavy atom. The third kappa shape index (κ3) is 1.81. The molecule has 92 valence electrons. The van der Waals surface area contributed by atoms with E-state index in [1.807, 2.05) is 29.7 Å². The van der Waals surface area contributed by atoms with E-state index in [1.54, 1.807) is 24.4 Å². The number of aromatic nitrogens is 2. The molecule has 3 rings (SSSR count). The monoisotopic (exact) mass is 249 g/mol. The van der Waals surface area contributed by atoms with Gasteiger partial charge in [-0.3, -0.25) is 0 Å². The maximum absolute atomic E-state index is 9.83. The van der Waals surface area contributed by atoms with Crippen LogP contribution in [0, 0.1) is 13.5 Å². The van der Waals surface area contributed by atoms with Crippen LogP contribution in [0.4, 0.5) is 5.69 Å². The Hall–Kier alpha value is -2.80. The van der Waals surface area contributed by atoms with Crippen molar-refractivity contribution >= 4 is 11.3 Å². The molecular weight excluding hydrogens is 238 g/mol. The second-order valence-corrected chi connectivity index (χ2v) is 4.37. The van der Waals surface area contributed by atoms with Gasteiger partial charge in [-0.15, -0.1) is 0 Å². The van der Waals surface area contributed by atoms with E-state index >= 15 is 0 Å². The maximum atomic E-state index is 9.83. The summed E-state index contributed by atoms with van der Waals surface area (Å²) in [6.07, 6.45) is 3.54. The highest BCUT2D eigenvalue weighted by Crippen LogP contribution is 2.29. The van der Waals surface area contributed by atoms with E-state index in [0.29, 0.717) is 5.69 Å². The molecule has 0 unspecified atom stereocenters. The van der Waals surface area contributed by atoms with Gasteiger partial charge in [-0.2, -0.15) is 0 Å². The number of pyridine rings is 1. The first-order chi connectivity index (χ1) is 9.19. The van der Waals surface area contributed by atoms with Crippen molar-refractivity contribution in [3.05, 3.63) is 59.7 Å². The molecule has 4 nitrogen and oxygen atoms in total. The molecule has 19 heavy (non-hydrogen) atoms. The fraction of sp³-hybridized carbons (Fsp3) is 0.0667. The largest absolute Gasteiger partial charge is 0.508 e. The van der Waals surface area contributed by atoms with Crippen LogP contribution in [-0.2, 0) is 0 Å². The highest BCUT2D eigenvalue weighted by atomic mass is 16.3. The Kier molecular flexibility index (Phi) is 2.46. The molecule has 0 saturated heterocycles. The quantitative estimate of drug-likeness (QED) is 0.670. The second kappa shape index (κ2) is 4.14. The fourth-order valence-corrected chi connectivity index (χ4v) is 2.06. The highest BCUT2D eigenvalue weighted by Gasteiger charge is 2.08. The Morgan fingerprint density at radius 3 is 2.84 bits per heavy atom. The summed E-state index contributed by atoms with van der Waals surface area (Å²) in [5, 5.41) is 9.83. The van der Waals surface area contributed by atoms with Gasteiger partial charge in [0.2, 0.25) is 0 Å². The van der Waals surface area contributed by atoms with Crippen LogP contribution in [0.15, 0.2) is 42.7 Å². The van der Waals surface area contributed by atoms with Crippen molar-refractivity contribution in [2.24, 2.45) is 0 Å². The molecule has 0 bridgehead atoms. The number of aryl methyl sites for hydroxylation is 1. The van der Waals surface area contributed by atoms with Crippen molar-refractivity contribution < 1.29 is 5.11 Å². The third-order valence-corrected chi connectivity index (χ3v) is 3.12. The van der Waals surface area contributed by atoms with Crippen LogP contribution in [0.3, 0.4) is 0 Å². The van der Waals surface area contributed by atoms with Gasteiger partial charge in [-0.05, 0) is 30.7 Å². The summed E-state index contributed by atoms with van der Waals surface area (Å²) in [4.78, 5) is 7.67. The first-order valence-electron chi connectivity index (χ1n) is 5.83. The standard InChI is InChI=1S/C15H11N3O/c1-10-3-4-11(7-14(10)19)13-8-12(16-2)9-15-17-5-6-18(13)15/h3-9,19H,1H3. The van der Waals surface area contributed by atoms with Gasteiger partial charge >= 0.3 is 0 Å². The summed E-state index contributed by atoms with van der Waals surface area (Å²) < 4.78 is 1.90. The lowest BCUT2D eigenvalue weighted by Crippen LogP contribution is -1.91. The molecule has 4 heteroatoms. The van der Waals surface area contributed by atoms with Crippen molar-refractivity contribution in [3.63, 3.8) is 0 Å². The SMILES string of the molecule is [C-]#[N+]c1cc(-c2ccc(C)c(O)c2)n2ccnc2c1. The average molecular weight is 249 g/mol. The van der Waals surface area contributed by atoms with Crippen LogP contribution >= 0.6 is 0 Å². The minimum atomic E-state index is 0.249. The normalized spacial score (nSPS) is 10.5. The zero-order chi connectivity index (χ0) is 13.4. The molecule has 0 aliphatic rings. The molecule has 0 atom stereocenters. The third-order valence-electron chi connectivity index (χ3n) is 3.12. The number of hydrogen-bond donors (Lipinski definition) is 1. The van der Waals surface area contributed by atoms with E-state index in [9.17, 15) is 5.11 Å². The minimum Gasteiger partial charge on any atom is -0.508 e. The Labute approximate surface area is 110 Å². The molecule has 0 aliphatic carbocycles. The number of phenols is 1. The van der Waals surface area contributed by atoms with E-state index in [1.165, 1.54) is 0 Å². The van der Waals surface area contributed by atoms with Crippen molar-refractivity contribution in [2.45, 2.75) is 6.92 Å². The van der Waals surface area contributed by atoms with Gasteiger partial charge in [-0.1, -0.05) is 12.1 Å². The lowest BCUT2D eigenvalue weighted by Gasteiger charge is -2.08. The van der Waals surface area contributed by atoms with Crippen molar-refractivity contribution in [1.29, 1.82) is 0 Å². The first-order valence-corrected chi connectivity index (χ1v) is 5.83. The molecule has 1 N–H and O–H groups in total. The molecule has 0 aliphatic heterocycles. The van der Waals surface area contributed by atoms with Gasteiger partial charge in [0, 0.05) is 23.7 Å². The Morgan fingerprint density at radius 2 is 2.11 bits per heavy atom.